The first-order valence-electron chi connectivity index (χ1n) is 10.7. The van der Waals surface area contributed by atoms with Crippen LogP contribution in [0.5, 0.6) is 0 Å². The maximum atomic E-state index is 13.1. The van der Waals surface area contributed by atoms with Gasteiger partial charge in [-0.2, -0.15) is 0 Å². The average molecular weight is 415 g/mol. The van der Waals surface area contributed by atoms with Crippen LogP contribution >= 0.6 is 0 Å². The van der Waals surface area contributed by atoms with Crippen LogP contribution in [0.3, 0.4) is 0 Å². The molecule has 5 nitrogen and oxygen atoms in total. The fourth-order valence-electron chi connectivity index (χ4n) is 3.65. The van der Waals surface area contributed by atoms with Crippen molar-refractivity contribution in [1.82, 2.24) is 19.5 Å². The fraction of sp³-hybridized carbons (Fsp3) is 0.346. The Bertz CT molecular complexity index is 1250. The summed E-state index contributed by atoms with van der Waals surface area (Å²) >= 11 is 0. The number of fused-ring (bicyclic) bond motifs is 1. The van der Waals surface area contributed by atoms with Gasteiger partial charge in [0.05, 0.1) is 6.33 Å². The Morgan fingerprint density at radius 1 is 0.903 bits per heavy atom. The van der Waals surface area contributed by atoms with Crippen molar-refractivity contribution in [2.75, 3.05) is 0 Å². The van der Waals surface area contributed by atoms with Gasteiger partial charge < -0.3 is 9.55 Å². The van der Waals surface area contributed by atoms with Crippen LogP contribution in [0.25, 0.3) is 22.6 Å². The Labute approximate surface area is 183 Å². The molecule has 2 heterocycles. The number of imidazole rings is 1. The van der Waals surface area contributed by atoms with E-state index in [9.17, 15) is 4.79 Å². The Morgan fingerprint density at radius 2 is 1.52 bits per heavy atom. The van der Waals surface area contributed by atoms with Crippen molar-refractivity contribution >= 4 is 11.2 Å². The molecule has 0 atom stereocenters. The lowest BCUT2D eigenvalue weighted by Gasteiger charge is -2.26. The first-order valence-corrected chi connectivity index (χ1v) is 10.7. The van der Waals surface area contributed by atoms with E-state index in [0.717, 1.165) is 11.1 Å². The zero-order valence-electron chi connectivity index (χ0n) is 19.2. The molecule has 0 fully saturated rings. The molecule has 0 spiro atoms. The third kappa shape index (κ3) is 4.31. The monoisotopic (exact) mass is 414 g/mol. The van der Waals surface area contributed by atoms with Crippen LogP contribution in [0.4, 0.5) is 0 Å². The maximum absolute atomic E-state index is 13.1. The van der Waals surface area contributed by atoms with Crippen molar-refractivity contribution in [3.8, 4) is 11.4 Å². The van der Waals surface area contributed by atoms with E-state index < -0.39 is 0 Å². The Morgan fingerprint density at radius 3 is 2.10 bits per heavy atom. The van der Waals surface area contributed by atoms with Crippen molar-refractivity contribution in [3.63, 3.8) is 0 Å². The molecule has 4 aromatic rings. The fourth-order valence-corrected chi connectivity index (χ4v) is 3.65. The Hall–Kier alpha value is -3.21. The molecule has 0 saturated carbocycles. The number of hydrogen-bond donors (Lipinski definition) is 1. The smallest absolute Gasteiger partial charge is 0.277 e. The summed E-state index contributed by atoms with van der Waals surface area (Å²) in [5.41, 5.74) is 5.21. The lowest BCUT2D eigenvalue weighted by atomic mass is 9.79. The zero-order valence-corrected chi connectivity index (χ0v) is 19.2. The summed E-state index contributed by atoms with van der Waals surface area (Å²) in [6, 6.07) is 16.5. The summed E-state index contributed by atoms with van der Waals surface area (Å²) in [4.78, 5) is 25.2. The van der Waals surface area contributed by atoms with Crippen LogP contribution in [0.2, 0.25) is 0 Å². The highest BCUT2D eigenvalue weighted by Gasteiger charge is 2.22. The van der Waals surface area contributed by atoms with Crippen LogP contribution in [0.15, 0.2) is 59.7 Å². The van der Waals surface area contributed by atoms with Gasteiger partial charge in [-0.05, 0) is 39.7 Å². The number of aromatic amines is 1. The number of benzene rings is 2. The molecule has 4 rings (SSSR count). The maximum Gasteiger partial charge on any atom is 0.277 e. The van der Waals surface area contributed by atoms with Gasteiger partial charge >= 0.3 is 0 Å². The highest BCUT2D eigenvalue weighted by Crippen LogP contribution is 2.33. The highest BCUT2D eigenvalue weighted by atomic mass is 16.1. The number of hydrogen-bond acceptors (Lipinski definition) is 3. The zero-order chi connectivity index (χ0) is 22.4. The van der Waals surface area contributed by atoms with Crippen LogP contribution in [0, 0.1) is 0 Å². The minimum Gasteiger partial charge on any atom is -0.320 e. The Balaban J connectivity index is 1.83. The molecule has 0 bridgehead atoms. The van der Waals surface area contributed by atoms with Gasteiger partial charge in [0.15, 0.2) is 11.2 Å². The standard InChI is InChI=1S/C26H30N4O/c1-25(2,3)19-12-18(13-20(14-19)26(4,5)6)22-28-23-21(24(31)29-22)30(16-27-23)15-17-10-8-7-9-11-17/h7-14,16H,15H2,1-6H3,(H,28,29,31). The van der Waals surface area contributed by atoms with Gasteiger partial charge in [0.1, 0.15) is 5.82 Å². The summed E-state index contributed by atoms with van der Waals surface area (Å²) in [6.45, 7) is 13.8. The number of nitrogens with zero attached hydrogens (tertiary/aromatic N) is 3. The number of aromatic nitrogens is 4. The van der Waals surface area contributed by atoms with E-state index in [2.05, 4.69) is 69.7 Å². The molecule has 0 unspecified atom stereocenters. The molecule has 0 aliphatic carbocycles. The molecule has 1 N–H and O–H groups in total. The first kappa shape index (κ1) is 21.0. The quantitative estimate of drug-likeness (QED) is 0.486. The molecule has 0 aliphatic rings. The molecular formula is C26H30N4O. The van der Waals surface area contributed by atoms with E-state index in [0.29, 0.717) is 23.5 Å². The van der Waals surface area contributed by atoms with E-state index in [1.807, 2.05) is 34.9 Å². The normalized spacial score (nSPS) is 12.5. The van der Waals surface area contributed by atoms with Gasteiger partial charge in [-0.3, -0.25) is 4.79 Å². The van der Waals surface area contributed by atoms with Gasteiger partial charge in [0.2, 0.25) is 0 Å². The second-order valence-corrected chi connectivity index (χ2v) is 10.2. The van der Waals surface area contributed by atoms with E-state index >= 15 is 0 Å². The number of rotatable bonds is 3. The van der Waals surface area contributed by atoms with Gasteiger partial charge in [0.25, 0.3) is 5.56 Å². The second kappa shape index (κ2) is 7.49. The van der Waals surface area contributed by atoms with Crippen molar-refractivity contribution in [1.29, 1.82) is 0 Å². The summed E-state index contributed by atoms with van der Waals surface area (Å²) in [5, 5.41) is 0. The summed E-state index contributed by atoms with van der Waals surface area (Å²) in [5.74, 6) is 0.555. The van der Waals surface area contributed by atoms with Gasteiger partial charge in [-0.15, -0.1) is 0 Å². The van der Waals surface area contributed by atoms with Gasteiger partial charge in [-0.1, -0.05) is 77.9 Å². The number of nitrogens with one attached hydrogen (secondary N) is 1. The predicted molar refractivity (Wildman–Crippen MR) is 127 cm³/mol. The molecule has 0 aliphatic heterocycles. The van der Waals surface area contributed by atoms with Gasteiger partial charge in [0, 0.05) is 12.1 Å². The molecule has 0 saturated heterocycles. The highest BCUT2D eigenvalue weighted by molar-refractivity contribution is 5.73. The summed E-state index contributed by atoms with van der Waals surface area (Å²) < 4.78 is 1.85. The van der Waals surface area contributed by atoms with Crippen molar-refractivity contribution in [2.45, 2.75) is 58.9 Å². The third-order valence-electron chi connectivity index (χ3n) is 5.62. The predicted octanol–water partition coefficient (Wildman–Crippen LogP) is 5.43. The SMILES string of the molecule is CC(C)(C)c1cc(-c2nc3ncn(Cc4ccccc4)c3c(=O)[nH]2)cc(C(C)(C)C)c1. The largest absolute Gasteiger partial charge is 0.320 e. The molecule has 0 radical (unpaired) electrons. The minimum atomic E-state index is -0.174. The molecule has 2 aromatic heterocycles. The topological polar surface area (TPSA) is 63.6 Å². The molecule has 160 valence electrons. The Kier molecular flexibility index (Phi) is 5.08. The second-order valence-electron chi connectivity index (χ2n) is 10.2. The van der Waals surface area contributed by atoms with E-state index in [1.54, 1.807) is 6.33 Å². The molecular weight excluding hydrogens is 384 g/mol. The van der Waals surface area contributed by atoms with Crippen LogP contribution in [0.1, 0.15) is 58.2 Å². The average Bonchev–Trinajstić information content (AvgIpc) is 3.10. The van der Waals surface area contributed by atoms with Crippen molar-refractivity contribution in [3.05, 3.63) is 81.9 Å². The van der Waals surface area contributed by atoms with Gasteiger partial charge in [-0.25, -0.2) is 9.97 Å². The molecule has 0 amide bonds. The van der Waals surface area contributed by atoms with Crippen molar-refractivity contribution < 1.29 is 0 Å². The molecule has 2 aromatic carbocycles. The summed E-state index contributed by atoms with van der Waals surface area (Å²) in [7, 11) is 0. The lowest BCUT2D eigenvalue weighted by Crippen LogP contribution is -2.17. The van der Waals surface area contributed by atoms with E-state index in [4.69, 9.17) is 4.98 Å². The molecule has 31 heavy (non-hydrogen) atoms. The van der Waals surface area contributed by atoms with E-state index in [-0.39, 0.29) is 16.4 Å². The third-order valence-corrected chi connectivity index (χ3v) is 5.62. The van der Waals surface area contributed by atoms with E-state index in [1.165, 1.54) is 11.1 Å². The number of H-pyrrole nitrogens is 1. The van der Waals surface area contributed by atoms with Crippen molar-refractivity contribution in [2.24, 2.45) is 0 Å². The van der Waals surface area contributed by atoms with Crippen LogP contribution in [-0.2, 0) is 17.4 Å². The van der Waals surface area contributed by atoms with Crippen LogP contribution in [-0.4, -0.2) is 19.5 Å². The lowest BCUT2D eigenvalue weighted by molar-refractivity contribution is 0.569. The summed E-state index contributed by atoms with van der Waals surface area (Å²) in [6.07, 6.45) is 1.69. The van der Waals surface area contributed by atoms with Crippen LogP contribution < -0.4 is 5.56 Å². The minimum absolute atomic E-state index is 0.0162. The first-order chi connectivity index (χ1) is 14.5. The molecule has 5 heteroatoms.